The van der Waals surface area contributed by atoms with Gasteiger partial charge < -0.3 is 11.1 Å². The van der Waals surface area contributed by atoms with E-state index in [9.17, 15) is 4.79 Å². The zero-order chi connectivity index (χ0) is 13.9. The van der Waals surface area contributed by atoms with Gasteiger partial charge in [-0.2, -0.15) is 0 Å². The van der Waals surface area contributed by atoms with Crippen LogP contribution in [0.3, 0.4) is 0 Å². The van der Waals surface area contributed by atoms with E-state index in [2.05, 4.69) is 21.2 Å². The summed E-state index contributed by atoms with van der Waals surface area (Å²) in [6.07, 6.45) is 5.62. The van der Waals surface area contributed by atoms with E-state index in [0.717, 1.165) is 22.9 Å². The summed E-state index contributed by atoms with van der Waals surface area (Å²) in [6, 6.07) is 5.63. The van der Waals surface area contributed by atoms with Gasteiger partial charge in [-0.15, -0.1) is 12.4 Å². The third-order valence-corrected chi connectivity index (χ3v) is 4.76. The second-order valence-corrected chi connectivity index (χ2v) is 6.42. The Balaban J connectivity index is 0.00000200. The van der Waals surface area contributed by atoms with Crippen LogP contribution in [0.2, 0.25) is 0 Å². The monoisotopic (exact) mass is 360 g/mol. The van der Waals surface area contributed by atoms with Crippen LogP contribution in [0.25, 0.3) is 0 Å². The van der Waals surface area contributed by atoms with Gasteiger partial charge in [0.2, 0.25) is 0 Å². The summed E-state index contributed by atoms with van der Waals surface area (Å²) in [5.41, 5.74) is 7.86. The van der Waals surface area contributed by atoms with Crippen molar-refractivity contribution < 1.29 is 4.79 Å². The summed E-state index contributed by atoms with van der Waals surface area (Å²) < 4.78 is 1.02. The molecule has 0 heterocycles. The van der Waals surface area contributed by atoms with E-state index in [1.807, 2.05) is 25.1 Å². The van der Waals surface area contributed by atoms with Crippen molar-refractivity contribution in [1.82, 2.24) is 5.32 Å². The van der Waals surface area contributed by atoms with Crippen LogP contribution in [-0.2, 0) is 0 Å². The summed E-state index contributed by atoms with van der Waals surface area (Å²) in [5, 5.41) is 2.98. The number of benzene rings is 1. The number of rotatable bonds is 3. The highest BCUT2D eigenvalue weighted by atomic mass is 79.9. The van der Waals surface area contributed by atoms with Crippen molar-refractivity contribution in [2.45, 2.75) is 44.6 Å². The topological polar surface area (TPSA) is 55.1 Å². The van der Waals surface area contributed by atoms with Gasteiger partial charge in [-0.1, -0.05) is 35.2 Å². The van der Waals surface area contributed by atoms with Crippen molar-refractivity contribution in [3.63, 3.8) is 0 Å². The molecule has 0 unspecified atom stereocenters. The normalized spacial score (nSPS) is 17.1. The van der Waals surface area contributed by atoms with Crippen LogP contribution in [-0.4, -0.2) is 18.0 Å². The lowest BCUT2D eigenvalue weighted by molar-refractivity contribution is 0.0937. The van der Waals surface area contributed by atoms with Gasteiger partial charge in [0.05, 0.1) is 0 Å². The zero-order valence-electron chi connectivity index (χ0n) is 11.7. The van der Waals surface area contributed by atoms with Gasteiger partial charge in [-0.3, -0.25) is 4.79 Å². The van der Waals surface area contributed by atoms with Crippen molar-refractivity contribution in [3.8, 4) is 0 Å². The minimum atomic E-state index is -0.210. The number of halogens is 2. The fraction of sp³-hybridized carbons (Fsp3) is 0.533. The second kappa shape index (κ2) is 7.43. The van der Waals surface area contributed by atoms with Crippen LogP contribution < -0.4 is 11.1 Å². The molecule has 5 heteroatoms. The molecule has 1 fully saturated rings. The third kappa shape index (κ3) is 4.47. The quantitative estimate of drug-likeness (QED) is 0.864. The number of hydrogen-bond acceptors (Lipinski definition) is 2. The number of amides is 1. The van der Waals surface area contributed by atoms with Gasteiger partial charge >= 0.3 is 0 Å². The van der Waals surface area contributed by atoms with Gasteiger partial charge in [0.25, 0.3) is 5.91 Å². The molecule has 0 spiro atoms. The van der Waals surface area contributed by atoms with Crippen molar-refractivity contribution in [2.75, 3.05) is 6.54 Å². The molecule has 0 aliphatic heterocycles. The SMILES string of the molecule is Cc1cc(C(=O)NCC2(N)CCCCC2)ccc1Br.Cl. The van der Waals surface area contributed by atoms with E-state index in [0.29, 0.717) is 12.1 Å². The van der Waals surface area contributed by atoms with E-state index in [1.165, 1.54) is 19.3 Å². The second-order valence-electron chi connectivity index (χ2n) is 5.57. The molecular formula is C15H22BrClN2O. The molecule has 0 aromatic heterocycles. The minimum Gasteiger partial charge on any atom is -0.350 e. The molecule has 3 N–H and O–H groups in total. The van der Waals surface area contributed by atoms with Gasteiger partial charge in [0, 0.05) is 22.1 Å². The third-order valence-electron chi connectivity index (χ3n) is 3.87. The lowest BCUT2D eigenvalue weighted by atomic mass is 9.82. The number of carbonyl (C=O) groups is 1. The summed E-state index contributed by atoms with van der Waals surface area (Å²) >= 11 is 3.44. The Hall–Kier alpha value is -0.580. The molecule has 3 nitrogen and oxygen atoms in total. The number of nitrogens with two attached hydrogens (primary N) is 1. The van der Waals surface area contributed by atoms with Crippen molar-refractivity contribution in [1.29, 1.82) is 0 Å². The average molecular weight is 362 g/mol. The van der Waals surface area contributed by atoms with Gasteiger partial charge in [0.15, 0.2) is 0 Å². The average Bonchev–Trinajstić information content (AvgIpc) is 2.40. The minimum absolute atomic E-state index is 0. The summed E-state index contributed by atoms with van der Waals surface area (Å²) in [5.74, 6) is -0.0361. The van der Waals surface area contributed by atoms with Gasteiger partial charge in [0.1, 0.15) is 0 Å². The predicted octanol–water partition coefficient (Wildman–Crippen LogP) is 3.57. The van der Waals surface area contributed by atoms with Crippen LogP contribution in [0.5, 0.6) is 0 Å². The summed E-state index contributed by atoms with van der Waals surface area (Å²) in [6.45, 7) is 2.55. The fourth-order valence-corrected chi connectivity index (χ4v) is 2.82. The molecule has 0 bridgehead atoms. The Morgan fingerprint density at radius 3 is 2.60 bits per heavy atom. The Morgan fingerprint density at radius 1 is 1.35 bits per heavy atom. The van der Waals surface area contributed by atoms with Crippen LogP contribution in [0.1, 0.15) is 48.0 Å². The Kier molecular flexibility index (Phi) is 6.49. The Morgan fingerprint density at radius 2 is 2.00 bits per heavy atom. The number of hydrogen-bond donors (Lipinski definition) is 2. The first-order chi connectivity index (χ1) is 9.00. The van der Waals surface area contributed by atoms with E-state index in [4.69, 9.17) is 5.73 Å². The molecular weight excluding hydrogens is 340 g/mol. The fourth-order valence-electron chi connectivity index (χ4n) is 2.58. The van der Waals surface area contributed by atoms with Crippen LogP contribution in [0.4, 0.5) is 0 Å². The zero-order valence-corrected chi connectivity index (χ0v) is 14.1. The first kappa shape index (κ1) is 17.5. The van der Waals surface area contributed by atoms with Crippen molar-refractivity contribution in [2.24, 2.45) is 5.73 Å². The molecule has 0 atom stereocenters. The maximum absolute atomic E-state index is 12.1. The lowest BCUT2D eigenvalue weighted by Gasteiger charge is -2.33. The summed E-state index contributed by atoms with van der Waals surface area (Å²) in [4.78, 5) is 12.1. The first-order valence-electron chi connectivity index (χ1n) is 6.83. The van der Waals surface area contributed by atoms with Crippen LogP contribution in [0.15, 0.2) is 22.7 Å². The van der Waals surface area contributed by atoms with Gasteiger partial charge in [-0.25, -0.2) is 0 Å². The molecule has 2 rings (SSSR count). The van der Waals surface area contributed by atoms with E-state index >= 15 is 0 Å². The van der Waals surface area contributed by atoms with Crippen LogP contribution in [0, 0.1) is 6.92 Å². The highest BCUT2D eigenvalue weighted by molar-refractivity contribution is 9.10. The number of aryl methyl sites for hydroxylation is 1. The Labute approximate surface area is 135 Å². The molecule has 1 aliphatic rings. The molecule has 112 valence electrons. The smallest absolute Gasteiger partial charge is 0.251 e. The molecule has 1 amide bonds. The number of nitrogens with one attached hydrogen (secondary N) is 1. The highest BCUT2D eigenvalue weighted by Crippen LogP contribution is 2.25. The standard InChI is InChI=1S/C15H21BrN2O.ClH/c1-11-9-12(5-6-13(11)16)14(19)18-10-15(17)7-3-2-4-8-15;/h5-6,9H,2-4,7-8,10,17H2,1H3,(H,18,19);1H. The largest absolute Gasteiger partial charge is 0.350 e. The molecule has 20 heavy (non-hydrogen) atoms. The lowest BCUT2D eigenvalue weighted by Crippen LogP contribution is -2.51. The maximum atomic E-state index is 12.1. The molecule has 1 aromatic carbocycles. The van der Waals surface area contributed by atoms with E-state index in [1.54, 1.807) is 0 Å². The van der Waals surface area contributed by atoms with E-state index in [-0.39, 0.29) is 23.9 Å². The molecule has 0 radical (unpaired) electrons. The molecule has 1 aliphatic carbocycles. The predicted molar refractivity (Wildman–Crippen MR) is 88.5 cm³/mol. The molecule has 0 saturated heterocycles. The van der Waals surface area contributed by atoms with E-state index < -0.39 is 0 Å². The molecule has 1 aromatic rings. The summed E-state index contributed by atoms with van der Waals surface area (Å²) in [7, 11) is 0. The molecule has 1 saturated carbocycles. The van der Waals surface area contributed by atoms with Gasteiger partial charge in [-0.05, 0) is 43.5 Å². The first-order valence-corrected chi connectivity index (χ1v) is 7.63. The highest BCUT2D eigenvalue weighted by Gasteiger charge is 2.27. The maximum Gasteiger partial charge on any atom is 0.251 e. The van der Waals surface area contributed by atoms with Crippen molar-refractivity contribution >= 4 is 34.2 Å². The number of carbonyl (C=O) groups excluding carboxylic acids is 1. The van der Waals surface area contributed by atoms with Crippen LogP contribution >= 0.6 is 28.3 Å². The Bertz CT molecular complexity index is 473. The van der Waals surface area contributed by atoms with Crippen molar-refractivity contribution in [3.05, 3.63) is 33.8 Å².